The molecule has 1 heterocycles. The Balaban J connectivity index is 1.94. The molecule has 0 saturated carbocycles. The van der Waals surface area contributed by atoms with Gasteiger partial charge in [0, 0.05) is 28.9 Å². The van der Waals surface area contributed by atoms with Gasteiger partial charge in [0.15, 0.2) is 0 Å². The number of aromatic nitrogens is 1. The molecule has 0 atom stereocenters. The van der Waals surface area contributed by atoms with Crippen LogP contribution in [0.5, 0.6) is 0 Å². The minimum Gasteiger partial charge on any atom is -0.370 e. The van der Waals surface area contributed by atoms with Crippen LogP contribution in [-0.4, -0.2) is 23.3 Å². The van der Waals surface area contributed by atoms with E-state index in [1.165, 1.54) is 11.3 Å². The number of benzene rings is 1. The Morgan fingerprint density at radius 1 is 1.29 bits per heavy atom. The largest absolute Gasteiger partial charge is 0.370 e. The first-order chi connectivity index (χ1) is 10.1. The number of nitrogens with one attached hydrogen (secondary N) is 1. The molecule has 0 bridgehead atoms. The van der Waals surface area contributed by atoms with Gasteiger partial charge in [-0.15, -0.1) is 11.3 Å². The Hall–Kier alpha value is -1.92. The summed E-state index contributed by atoms with van der Waals surface area (Å²) in [4.78, 5) is 26.8. The predicted octanol–water partition coefficient (Wildman–Crippen LogP) is 2.46. The number of carbonyl (C=O) groups is 2. The Morgan fingerprint density at radius 3 is 2.67 bits per heavy atom. The van der Waals surface area contributed by atoms with E-state index >= 15 is 0 Å². The molecule has 0 aliphatic carbocycles. The molecule has 0 radical (unpaired) electrons. The summed E-state index contributed by atoms with van der Waals surface area (Å²) in [5.41, 5.74) is 6.31. The quantitative estimate of drug-likeness (QED) is 0.801. The molecule has 7 heteroatoms. The van der Waals surface area contributed by atoms with Crippen LogP contribution in [0.1, 0.15) is 23.3 Å². The number of thiazole rings is 1. The highest BCUT2D eigenvalue weighted by molar-refractivity contribution is 7.13. The van der Waals surface area contributed by atoms with Crippen molar-refractivity contribution in [2.45, 2.75) is 12.8 Å². The molecule has 0 fully saturated rings. The highest BCUT2D eigenvalue weighted by Crippen LogP contribution is 2.25. The molecule has 2 rings (SSSR count). The molecule has 1 aromatic carbocycles. The lowest BCUT2D eigenvalue weighted by Crippen LogP contribution is -2.25. The third-order valence-electron chi connectivity index (χ3n) is 2.71. The van der Waals surface area contributed by atoms with Crippen LogP contribution in [0.15, 0.2) is 29.6 Å². The van der Waals surface area contributed by atoms with Crippen molar-refractivity contribution < 1.29 is 9.59 Å². The molecule has 0 aliphatic heterocycles. The standard InChI is InChI=1S/C14H14ClN3O2S/c15-10-5-3-9(4-6-10)14-18-11(8-21-14)13(20)17-7-1-2-12(16)19/h3-6,8H,1-2,7H2,(H2,16,19)(H,17,20). The Bertz CT molecular complexity index is 640. The van der Waals surface area contributed by atoms with Gasteiger partial charge >= 0.3 is 0 Å². The fourth-order valence-corrected chi connectivity index (χ4v) is 2.59. The van der Waals surface area contributed by atoms with Crippen molar-refractivity contribution in [1.82, 2.24) is 10.3 Å². The summed E-state index contributed by atoms with van der Waals surface area (Å²) in [7, 11) is 0. The maximum absolute atomic E-state index is 11.9. The molecular formula is C14H14ClN3O2S. The summed E-state index contributed by atoms with van der Waals surface area (Å²) in [5, 5.41) is 5.82. The minimum atomic E-state index is -0.372. The molecule has 21 heavy (non-hydrogen) atoms. The first kappa shape index (κ1) is 15.5. The summed E-state index contributed by atoms with van der Waals surface area (Å²) in [6.07, 6.45) is 0.780. The second-order valence-electron chi connectivity index (χ2n) is 4.37. The fraction of sp³-hybridized carbons (Fsp3) is 0.214. The molecule has 2 amide bonds. The zero-order valence-electron chi connectivity index (χ0n) is 11.1. The van der Waals surface area contributed by atoms with Crippen LogP contribution in [0.3, 0.4) is 0 Å². The van der Waals surface area contributed by atoms with Gasteiger partial charge < -0.3 is 11.1 Å². The monoisotopic (exact) mass is 323 g/mol. The van der Waals surface area contributed by atoms with Crippen LogP contribution in [-0.2, 0) is 4.79 Å². The Labute approximate surface area is 131 Å². The molecule has 0 spiro atoms. The number of rotatable bonds is 6. The van der Waals surface area contributed by atoms with Crippen LogP contribution >= 0.6 is 22.9 Å². The van der Waals surface area contributed by atoms with Crippen molar-refractivity contribution >= 4 is 34.8 Å². The van der Waals surface area contributed by atoms with Gasteiger partial charge in [-0.05, 0) is 18.6 Å². The predicted molar refractivity (Wildman–Crippen MR) is 83.3 cm³/mol. The number of amides is 2. The van der Waals surface area contributed by atoms with E-state index in [4.69, 9.17) is 17.3 Å². The third kappa shape index (κ3) is 4.54. The maximum Gasteiger partial charge on any atom is 0.270 e. The first-order valence-electron chi connectivity index (χ1n) is 6.34. The van der Waals surface area contributed by atoms with Crippen molar-refractivity contribution in [2.75, 3.05) is 6.54 Å². The lowest BCUT2D eigenvalue weighted by Gasteiger charge is -2.01. The van der Waals surface area contributed by atoms with E-state index in [9.17, 15) is 9.59 Å². The third-order valence-corrected chi connectivity index (χ3v) is 3.86. The number of nitrogens with zero attached hydrogens (tertiary/aromatic N) is 1. The average Bonchev–Trinajstić information content (AvgIpc) is 2.94. The SMILES string of the molecule is NC(=O)CCCNC(=O)c1csc(-c2ccc(Cl)cc2)n1. The van der Waals surface area contributed by atoms with Gasteiger partial charge in [0.05, 0.1) is 0 Å². The highest BCUT2D eigenvalue weighted by atomic mass is 35.5. The van der Waals surface area contributed by atoms with Crippen LogP contribution in [0.25, 0.3) is 10.6 Å². The van der Waals surface area contributed by atoms with Gasteiger partial charge in [0.1, 0.15) is 10.7 Å². The first-order valence-corrected chi connectivity index (χ1v) is 7.60. The summed E-state index contributed by atoms with van der Waals surface area (Å²) >= 11 is 7.23. The Kier molecular flexibility index (Phi) is 5.30. The second-order valence-corrected chi connectivity index (χ2v) is 5.67. The van der Waals surface area contributed by atoms with Crippen LogP contribution < -0.4 is 11.1 Å². The summed E-state index contributed by atoms with van der Waals surface area (Å²) in [6.45, 7) is 0.398. The topological polar surface area (TPSA) is 85.1 Å². The molecule has 2 aromatic rings. The van der Waals surface area contributed by atoms with Gasteiger partial charge in [0.2, 0.25) is 5.91 Å². The smallest absolute Gasteiger partial charge is 0.270 e. The summed E-state index contributed by atoms with van der Waals surface area (Å²) in [6, 6.07) is 7.27. The van der Waals surface area contributed by atoms with E-state index in [1.807, 2.05) is 12.1 Å². The second kappa shape index (κ2) is 7.19. The number of carbonyl (C=O) groups excluding carboxylic acids is 2. The molecule has 110 valence electrons. The van der Waals surface area contributed by atoms with Crippen LogP contribution in [0, 0.1) is 0 Å². The van der Waals surface area contributed by atoms with Crippen molar-refractivity contribution in [1.29, 1.82) is 0 Å². The van der Waals surface area contributed by atoms with E-state index in [0.29, 0.717) is 23.7 Å². The van der Waals surface area contributed by atoms with Gasteiger partial charge in [-0.1, -0.05) is 23.7 Å². The van der Waals surface area contributed by atoms with Crippen molar-refractivity contribution in [2.24, 2.45) is 5.73 Å². The van der Waals surface area contributed by atoms with Crippen LogP contribution in [0.2, 0.25) is 5.02 Å². The van der Waals surface area contributed by atoms with E-state index in [2.05, 4.69) is 10.3 Å². The molecule has 0 saturated heterocycles. The average molecular weight is 324 g/mol. The van der Waals surface area contributed by atoms with Gasteiger partial charge in [0.25, 0.3) is 5.91 Å². The lowest BCUT2D eigenvalue weighted by molar-refractivity contribution is -0.118. The van der Waals surface area contributed by atoms with Gasteiger partial charge in [-0.2, -0.15) is 0 Å². The highest BCUT2D eigenvalue weighted by Gasteiger charge is 2.11. The van der Waals surface area contributed by atoms with E-state index in [1.54, 1.807) is 17.5 Å². The molecule has 0 aliphatic rings. The van der Waals surface area contributed by atoms with E-state index < -0.39 is 0 Å². The Morgan fingerprint density at radius 2 is 2.00 bits per heavy atom. The summed E-state index contributed by atoms with van der Waals surface area (Å²) in [5.74, 6) is -0.626. The fourth-order valence-electron chi connectivity index (χ4n) is 1.66. The molecule has 3 N–H and O–H groups in total. The maximum atomic E-state index is 11.9. The normalized spacial score (nSPS) is 10.3. The van der Waals surface area contributed by atoms with Gasteiger partial charge in [-0.25, -0.2) is 4.98 Å². The van der Waals surface area contributed by atoms with Gasteiger partial charge in [-0.3, -0.25) is 9.59 Å². The summed E-state index contributed by atoms with van der Waals surface area (Å²) < 4.78 is 0. The van der Waals surface area contributed by atoms with Crippen LogP contribution in [0.4, 0.5) is 0 Å². The van der Waals surface area contributed by atoms with Crippen molar-refractivity contribution in [3.8, 4) is 10.6 Å². The number of halogens is 1. The van der Waals surface area contributed by atoms with E-state index in [-0.39, 0.29) is 18.2 Å². The van der Waals surface area contributed by atoms with E-state index in [0.717, 1.165) is 10.6 Å². The molecule has 1 aromatic heterocycles. The van der Waals surface area contributed by atoms with Crippen molar-refractivity contribution in [3.05, 3.63) is 40.4 Å². The lowest BCUT2D eigenvalue weighted by atomic mass is 10.2. The minimum absolute atomic E-state index is 0.254. The molecule has 0 unspecified atom stereocenters. The number of primary amides is 1. The number of hydrogen-bond donors (Lipinski definition) is 2. The zero-order chi connectivity index (χ0) is 15.2. The molecular weight excluding hydrogens is 310 g/mol. The van der Waals surface area contributed by atoms with Crippen molar-refractivity contribution in [3.63, 3.8) is 0 Å². The molecule has 5 nitrogen and oxygen atoms in total. The number of nitrogens with two attached hydrogens (primary N) is 1. The zero-order valence-corrected chi connectivity index (χ0v) is 12.7. The number of hydrogen-bond acceptors (Lipinski definition) is 4.